The molecule has 1 aromatic heterocycles. The second-order valence-electron chi connectivity index (χ2n) is 9.21. The highest BCUT2D eigenvalue weighted by molar-refractivity contribution is 5.75. The van der Waals surface area contributed by atoms with Gasteiger partial charge < -0.3 is 18.9 Å². The van der Waals surface area contributed by atoms with Crippen LogP contribution in [0.5, 0.6) is 5.75 Å². The van der Waals surface area contributed by atoms with E-state index in [4.69, 9.17) is 9.26 Å². The normalized spacial score (nSPS) is 18.3. The number of ether oxygens (including phenoxy) is 2. The summed E-state index contributed by atoms with van der Waals surface area (Å²) >= 11 is 0. The highest BCUT2D eigenvalue weighted by Crippen LogP contribution is 2.40. The van der Waals surface area contributed by atoms with Crippen molar-refractivity contribution < 1.29 is 45.1 Å². The molecule has 0 radical (unpaired) electrons. The first-order valence-electron chi connectivity index (χ1n) is 12.3. The number of nitrogens with zero attached hydrogens (tertiary/aromatic N) is 3. The highest BCUT2D eigenvalue weighted by Gasteiger charge is 2.41. The zero-order valence-electron chi connectivity index (χ0n) is 21.6. The van der Waals surface area contributed by atoms with Crippen LogP contribution in [0.4, 0.5) is 26.3 Å². The van der Waals surface area contributed by atoms with E-state index >= 15 is 0 Å². The number of hydrogen-bond donors (Lipinski definition) is 0. The molecule has 7 nitrogen and oxygen atoms in total. The Balaban J connectivity index is 1.58. The monoisotopic (exact) mass is 569 g/mol. The molecular weight excluding hydrogens is 544 g/mol. The van der Waals surface area contributed by atoms with Gasteiger partial charge in [-0.3, -0.25) is 4.79 Å². The Morgan fingerprint density at radius 1 is 1.23 bits per heavy atom. The minimum atomic E-state index is -5.00. The average Bonchev–Trinajstić information content (AvgIpc) is 3.31. The molecule has 2 atom stereocenters. The molecule has 1 aromatic carbocycles. The van der Waals surface area contributed by atoms with Gasteiger partial charge in [-0.2, -0.15) is 31.3 Å². The van der Waals surface area contributed by atoms with E-state index in [9.17, 15) is 31.1 Å². The Morgan fingerprint density at radius 3 is 2.65 bits per heavy atom. The molecule has 0 N–H and O–H groups in total. The lowest BCUT2D eigenvalue weighted by Gasteiger charge is -2.21. The number of esters is 1. The van der Waals surface area contributed by atoms with Gasteiger partial charge in [0, 0.05) is 29.2 Å². The maximum absolute atomic E-state index is 13.7. The van der Waals surface area contributed by atoms with Crippen molar-refractivity contribution in [2.75, 3.05) is 6.61 Å². The third-order valence-electron chi connectivity index (χ3n) is 6.27. The Labute approximate surface area is 225 Å². The fraction of sp³-hybridized carbons (Fsp3) is 0.370. The number of rotatable bonds is 7. The lowest BCUT2D eigenvalue weighted by Crippen LogP contribution is -2.31. The van der Waals surface area contributed by atoms with Gasteiger partial charge in [-0.25, -0.2) is 0 Å². The third-order valence-corrected chi connectivity index (χ3v) is 6.27. The van der Waals surface area contributed by atoms with E-state index in [1.807, 2.05) is 24.1 Å². The SMILES string of the molecule is CCOC(=O)CC1=CN2C=CC(c3noc(-c4ccc(OC(C)C(F)(F)F)c(C(F)(F)F)c4)n3)=CC2=CCC1C. The standard InChI is InChI=1S/C27H25F6N3O4/c1-4-38-23(37)13-19-14-36-10-9-17(11-20(36)7-5-15(19)2)24-34-25(40-35-24)18-6-8-22(21(12-18)27(31,32)33)39-16(3)26(28,29)30/h6-12,14-16H,4-5,13H2,1-3H3. The molecule has 0 fully saturated rings. The Kier molecular flexibility index (Phi) is 8.13. The lowest BCUT2D eigenvalue weighted by molar-refractivity contribution is -0.191. The minimum absolute atomic E-state index is 0.0819. The van der Waals surface area contributed by atoms with Crippen LogP contribution in [0.25, 0.3) is 17.0 Å². The van der Waals surface area contributed by atoms with E-state index in [0.29, 0.717) is 31.6 Å². The van der Waals surface area contributed by atoms with Gasteiger partial charge >= 0.3 is 18.3 Å². The zero-order valence-corrected chi connectivity index (χ0v) is 21.6. The summed E-state index contributed by atoms with van der Waals surface area (Å²) in [4.78, 5) is 18.0. The number of allylic oxidation sites excluding steroid dienone is 4. The molecule has 3 heterocycles. The molecule has 2 aromatic rings. The van der Waals surface area contributed by atoms with Crippen LogP contribution >= 0.6 is 0 Å². The van der Waals surface area contributed by atoms with Crippen LogP contribution in [-0.2, 0) is 15.7 Å². The van der Waals surface area contributed by atoms with Crippen LogP contribution in [0.2, 0.25) is 0 Å². The molecule has 0 saturated heterocycles. The maximum atomic E-state index is 13.7. The molecule has 13 heteroatoms. The van der Waals surface area contributed by atoms with Crippen molar-refractivity contribution >= 4 is 11.5 Å². The van der Waals surface area contributed by atoms with Gasteiger partial charge in [0.2, 0.25) is 5.82 Å². The highest BCUT2D eigenvalue weighted by atomic mass is 19.4. The van der Waals surface area contributed by atoms with Crippen molar-refractivity contribution in [3.05, 3.63) is 71.5 Å². The third kappa shape index (κ3) is 6.57. The molecule has 0 aliphatic carbocycles. The first-order chi connectivity index (χ1) is 18.8. The number of aromatic nitrogens is 2. The van der Waals surface area contributed by atoms with E-state index < -0.39 is 29.8 Å². The summed E-state index contributed by atoms with van der Waals surface area (Å²) in [6, 6.07) is 2.51. The number of benzene rings is 1. The summed E-state index contributed by atoms with van der Waals surface area (Å²) in [5.41, 5.74) is 0.632. The van der Waals surface area contributed by atoms with Gasteiger partial charge in [-0.15, -0.1) is 0 Å². The maximum Gasteiger partial charge on any atom is 0.425 e. The van der Waals surface area contributed by atoms with Crippen LogP contribution in [0.3, 0.4) is 0 Å². The van der Waals surface area contributed by atoms with E-state index in [1.165, 1.54) is 0 Å². The summed E-state index contributed by atoms with van der Waals surface area (Å²) in [6.07, 6.45) is -2.49. The molecule has 0 bridgehead atoms. The predicted molar refractivity (Wildman–Crippen MR) is 131 cm³/mol. The second-order valence-corrected chi connectivity index (χ2v) is 9.21. The van der Waals surface area contributed by atoms with Gasteiger partial charge in [0.05, 0.1) is 18.6 Å². The number of fused-ring (bicyclic) bond motifs is 1. The Morgan fingerprint density at radius 2 is 1.98 bits per heavy atom. The van der Waals surface area contributed by atoms with Crippen molar-refractivity contribution in [2.45, 2.75) is 52.1 Å². The number of halogens is 6. The van der Waals surface area contributed by atoms with E-state index in [0.717, 1.165) is 23.4 Å². The number of hydrogen-bond acceptors (Lipinski definition) is 7. The first-order valence-corrected chi connectivity index (χ1v) is 12.3. The van der Waals surface area contributed by atoms with Crippen LogP contribution < -0.4 is 4.74 Å². The minimum Gasteiger partial charge on any atom is -0.481 e. The van der Waals surface area contributed by atoms with Gasteiger partial charge in [0.15, 0.2) is 6.10 Å². The zero-order chi connectivity index (χ0) is 29.2. The number of carbonyl (C=O) groups is 1. The molecule has 2 aliphatic heterocycles. The smallest absolute Gasteiger partial charge is 0.425 e. The van der Waals surface area contributed by atoms with Crippen molar-refractivity contribution in [1.82, 2.24) is 15.0 Å². The number of carbonyl (C=O) groups excluding carboxylic acids is 1. The molecule has 0 saturated carbocycles. The van der Waals surface area contributed by atoms with Gasteiger partial charge in [0.25, 0.3) is 5.89 Å². The van der Waals surface area contributed by atoms with Gasteiger partial charge in [-0.1, -0.05) is 18.2 Å². The van der Waals surface area contributed by atoms with Crippen molar-refractivity contribution in [2.24, 2.45) is 5.92 Å². The van der Waals surface area contributed by atoms with Crippen LogP contribution in [0.15, 0.2) is 64.6 Å². The van der Waals surface area contributed by atoms with Crippen molar-refractivity contribution in [3.63, 3.8) is 0 Å². The fourth-order valence-electron chi connectivity index (χ4n) is 4.01. The summed E-state index contributed by atoms with van der Waals surface area (Å²) in [7, 11) is 0. The average molecular weight is 570 g/mol. The predicted octanol–water partition coefficient (Wildman–Crippen LogP) is 7.06. The van der Waals surface area contributed by atoms with E-state index in [2.05, 4.69) is 14.9 Å². The Bertz CT molecular complexity index is 1390. The summed E-state index contributed by atoms with van der Waals surface area (Å²) in [5, 5.41) is 3.87. The molecule has 2 unspecified atom stereocenters. The van der Waals surface area contributed by atoms with Crippen LogP contribution in [0, 0.1) is 5.92 Å². The number of alkyl halides is 6. The molecular formula is C27H25F6N3O4. The molecule has 0 amide bonds. The fourth-order valence-corrected chi connectivity index (χ4v) is 4.01. The lowest BCUT2D eigenvalue weighted by atomic mass is 9.96. The second kappa shape index (κ2) is 11.2. The molecule has 4 rings (SSSR count). The summed E-state index contributed by atoms with van der Waals surface area (Å²) in [6.45, 7) is 4.64. The van der Waals surface area contributed by atoms with Crippen LogP contribution in [0.1, 0.15) is 45.0 Å². The Hall–Kier alpha value is -4.03. The topological polar surface area (TPSA) is 77.7 Å². The molecule has 0 spiro atoms. The largest absolute Gasteiger partial charge is 0.481 e. The van der Waals surface area contributed by atoms with E-state index in [1.54, 1.807) is 25.3 Å². The molecule has 40 heavy (non-hydrogen) atoms. The molecule has 214 valence electrons. The first kappa shape index (κ1) is 29.0. The molecule has 2 aliphatic rings. The van der Waals surface area contributed by atoms with Gasteiger partial charge in [-0.05, 0) is 62.1 Å². The van der Waals surface area contributed by atoms with Crippen molar-refractivity contribution in [3.8, 4) is 17.2 Å². The summed E-state index contributed by atoms with van der Waals surface area (Å²) in [5.74, 6) is -1.36. The van der Waals surface area contributed by atoms with Crippen molar-refractivity contribution in [1.29, 1.82) is 0 Å². The quantitative estimate of drug-likeness (QED) is 0.261. The van der Waals surface area contributed by atoms with Gasteiger partial charge in [0.1, 0.15) is 5.75 Å². The van der Waals surface area contributed by atoms with Crippen LogP contribution in [-0.4, -0.2) is 39.9 Å². The van der Waals surface area contributed by atoms with E-state index in [-0.39, 0.29) is 35.6 Å². The summed E-state index contributed by atoms with van der Waals surface area (Å²) < 4.78 is 94.3.